The summed E-state index contributed by atoms with van der Waals surface area (Å²) in [5, 5.41) is 1.15. The molecule has 3 aromatic rings. The number of fused-ring (bicyclic) bond motifs is 1. The zero-order chi connectivity index (χ0) is 16.9. The highest BCUT2D eigenvalue weighted by atomic mass is 16.5. The van der Waals surface area contributed by atoms with Crippen LogP contribution in [-0.4, -0.2) is 29.0 Å². The lowest BCUT2D eigenvalue weighted by Crippen LogP contribution is -2.19. The van der Waals surface area contributed by atoms with Crippen LogP contribution in [0.5, 0.6) is 5.75 Å². The number of rotatable bonds is 6. The summed E-state index contributed by atoms with van der Waals surface area (Å²) in [4.78, 5) is 11.7. The lowest BCUT2D eigenvalue weighted by atomic mass is 10.1. The highest BCUT2D eigenvalue weighted by molar-refractivity contribution is 5.80. The van der Waals surface area contributed by atoms with Gasteiger partial charge < -0.3 is 4.74 Å². The summed E-state index contributed by atoms with van der Waals surface area (Å²) in [6.07, 6.45) is 0.912. The second-order valence-corrected chi connectivity index (χ2v) is 5.98. The molecule has 124 valence electrons. The van der Waals surface area contributed by atoms with Crippen molar-refractivity contribution in [1.82, 2.24) is 14.9 Å². The van der Waals surface area contributed by atoms with Crippen LogP contribution in [0.3, 0.4) is 0 Å². The first kappa shape index (κ1) is 16.4. The monoisotopic (exact) mass is 321 g/mol. The molecule has 0 aliphatic heterocycles. The Labute approximate surface area is 143 Å². The van der Waals surface area contributed by atoms with Crippen LogP contribution in [0.4, 0.5) is 0 Å². The van der Waals surface area contributed by atoms with Crippen LogP contribution in [0.2, 0.25) is 0 Å². The molecule has 0 fully saturated rings. The van der Waals surface area contributed by atoms with Gasteiger partial charge in [0.15, 0.2) is 0 Å². The van der Waals surface area contributed by atoms with Crippen molar-refractivity contribution >= 4 is 10.9 Å². The van der Waals surface area contributed by atoms with Crippen LogP contribution >= 0.6 is 0 Å². The molecule has 24 heavy (non-hydrogen) atoms. The number of benzene rings is 2. The second-order valence-electron chi connectivity index (χ2n) is 5.98. The first-order valence-corrected chi connectivity index (χ1v) is 8.25. The molecule has 1 aromatic heterocycles. The Bertz CT molecular complexity index is 832. The van der Waals surface area contributed by atoms with Gasteiger partial charge >= 0.3 is 0 Å². The van der Waals surface area contributed by atoms with E-state index in [1.807, 2.05) is 24.3 Å². The third kappa shape index (κ3) is 3.71. The molecule has 0 unspecified atom stereocenters. The minimum atomic E-state index is 0.717. The maximum atomic E-state index is 5.29. The predicted octanol–water partition coefficient (Wildman–Crippen LogP) is 3.83. The van der Waals surface area contributed by atoms with Gasteiger partial charge in [-0.15, -0.1) is 0 Å². The molecule has 0 aliphatic carbocycles. The van der Waals surface area contributed by atoms with Crippen molar-refractivity contribution < 1.29 is 4.74 Å². The quantitative estimate of drug-likeness (QED) is 0.691. The van der Waals surface area contributed by atoms with Crippen molar-refractivity contribution in [2.75, 3.05) is 14.2 Å². The molecule has 0 atom stereocenters. The number of ether oxygens (including phenoxy) is 1. The third-order valence-electron chi connectivity index (χ3n) is 4.06. The number of para-hydroxylation sites is 1. The van der Waals surface area contributed by atoms with Gasteiger partial charge in [-0.05, 0) is 37.2 Å². The molecule has 4 heteroatoms. The molecule has 0 amide bonds. The molecule has 3 rings (SSSR count). The van der Waals surface area contributed by atoms with Crippen LogP contribution in [0, 0.1) is 0 Å². The normalized spacial score (nSPS) is 11.2. The second kappa shape index (κ2) is 7.41. The molecule has 0 aliphatic rings. The summed E-state index contributed by atoms with van der Waals surface area (Å²) in [6, 6.07) is 16.4. The summed E-state index contributed by atoms with van der Waals surface area (Å²) < 4.78 is 5.29. The minimum absolute atomic E-state index is 0.717. The Balaban J connectivity index is 1.78. The van der Waals surface area contributed by atoms with Crippen LogP contribution in [0.1, 0.15) is 24.0 Å². The van der Waals surface area contributed by atoms with E-state index >= 15 is 0 Å². The van der Waals surface area contributed by atoms with Gasteiger partial charge in [0.2, 0.25) is 0 Å². The van der Waals surface area contributed by atoms with Crippen molar-refractivity contribution in [2.45, 2.75) is 26.4 Å². The van der Waals surface area contributed by atoms with E-state index < -0.39 is 0 Å². The summed E-state index contributed by atoms with van der Waals surface area (Å²) in [5.74, 6) is 1.76. The number of methoxy groups -OCH3 is 1. The summed E-state index contributed by atoms with van der Waals surface area (Å²) in [5.41, 5.74) is 3.35. The number of aryl methyl sites for hydroxylation is 1. The third-order valence-corrected chi connectivity index (χ3v) is 4.06. The Morgan fingerprint density at radius 1 is 1.00 bits per heavy atom. The molecule has 0 radical (unpaired) electrons. The molecule has 2 aromatic carbocycles. The van der Waals surface area contributed by atoms with Crippen LogP contribution in [0.15, 0.2) is 48.5 Å². The zero-order valence-electron chi connectivity index (χ0n) is 14.5. The topological polar surface area (TPSA) is 38.2 Å². The van der Waals surface area contributed by atoms with Crippen molar-refractivity contribution in [3.63, 3.8) is 0 Å². The number of hydrogen-bond acceptors (Lipinski definition) is 4. The highest BCUT2D eigenvalue weighted by Gasteiger charge is 2.09. The average molecular weight is 321 g/mol. The smallest absolute Gasteiger partial charge is 0.143 e. The molecule has 0 spiro atoms. The standard InChI is InChI=1S/C20H23N3O/c1-4-18-17-10-5-6-11-19(17)22-20(21-18)14-23(2)13-15-8-7-9-16(12-15)24-3/h5-12H,4,13-14H2,1-3H3. The Kier molecular flexibility index (Phi) is 5.06. The zero-order valence-corrected chi connectivity index (χ0v) is 14.5. The molecular formula is C20H23N3O. The predicted molar refractivity (Wildman–Crippen MR) is 97.1 cm³/mol. The fourth-order valence-corrected chi connectivity index (χ4v) is 2.92. The molecule has 0 N–H and O–H groups in total. The van der Waals surface area contributed by atoms with E-state index in [1.165, 1.54) is 5.56 Å². The number of hydrogen-bond donors (Lipinski definition) is 0. The van der Waals surface area contributed by atoms with Gasteiger partial charge in [0, 0.05) is 11.9 Å². The van der Waals surface area contributed by atoms with Crippen molar-refractivity contribution in [2.24, 2.45) is 0 Å². The van der Waals surface area contributed by atoms with E-state index in [2.05, 4.69) is 43.1 Å². The van der Waals surface area contributed by atoms with Gasteiger partial charge in [0.25, 0.3) is 0 Å². The lowest BCUT2D eigenvalue weighted by molar-refractivity contribution is 0.310. The largest absolute Gasteiger partial charge is 0.497 e. The van der Waals surface area contributed by atoms with Crippen LogP contribution < -0.4 is 4.74 Å². The first-order chi connectivity index (χ1) is 11.7. The van der Waals surface area contributed by atoms with Crippen molar-refractivity contribution in [1.29, 1.82) is 0 Å². The molecule has 0 saturated heterocycles. The van der Waals surface area contributed by atoms with Gasteiger partial charge in [-0.1, -0.05) is 37.3 Å². The van der Waals surface area contributed by atoms with Gasteiger partial charge in [0.05, 0.1) is 24.9 Å². The van der Waals surface area contributed by atoms with E-state index in [0.717, 1.165) is 47.7 Å². The molecule has 0 saturated carbocycles. The van der Waals surface area contributed by atoms with Gasteiger partial charge in [-0.2, -0.15) is 0 Å². The SMILES string of the molecule is CCc1nc(CN(C)Cc2cccc(OC)c2)nc2ccccc12. The van der Waals surface area contributed by atoms with Crippen molar-refractivity contribution in [3.8, 4) is 5.75 Å². The Morgan fingerprint density at radius 3 is 2.62 bits per heavy atom. The van der Waals surface area contributed by atoms with Crippen LogP contribution in [0.25, 0.3) is 10.9 Å². The summed E-state index contributed by atoms with van der Waals surface area (Å²) >= 11 is 0. The number of aromatic nitrogens is 2. The first-order valence-electron chi connectivity index (χ1n) is 8.25. The van der Waals surface area contributed by atoms with Gasteiger partial charge in [-0.25, -0.2) is 9.97 Å². The van der Waals surface area contributed by atoms with E-state index in [0.29, 0.717) is 0 Å². The Hall–Kier alpha value is -2.46. The summed E-state index contributed by atoms with van der Waals surface area (Å²) in [6.45, 7) is 3.68. The van der Waals surface area contributed by atoms with E-state index in [1.54, 1.807) is 7.11 Å². The summed E-state index contributed by atoms with van der Waals surface area (Å²) in [7, 11) is 3.78. The van der Waals surface area contributed by atoms with Crippen LogP contribution in [-0.2, 0) is 19.5 Å². The lowest BCUT2D eigenvalue weighted by Gasteiger charge is -2.17. The minimum Gasteiger partial charge on any atom is -0.497 e. The molecule has 4 nitrogen and oxygen atoms in total. The molecular weight excluding hydrogens is 298 g/mol. The maximum Gasteiger partial charge on any atom is 0.143 e. The Morgan fingerprint density at radius 2 is 1.83 bits per heavy atom. The highest BCUT2D eigenvalue weighted by Crippen LogP contribution is 2.18. The maximum absolute atomic E-state index is 5.29. The van der Waals surface area contributed by atoms with E-state index in [4.69, 9.17) is 14.7 Å². The van der Waals surface area contributed by atoms with Crippen molar-refractivity contribution in [3.05, 3.63) is 65.6 Å². The molecule has 0 bridgehead atoms. The van der Waals surface area contributed by atoms with E-state index in [9.17, 15) is 0 Å². The number of nitrogens with zero attached hydrogens (tertiary/aromatic N) is 3. The van der Waals surface area contributed by atoms with Gasteiger partial charge in [0.1, 0.15) is 11.6 Å². The fraction of sp³-hybridized carbons (Fsp3) is 0.300. The fourth-order valence-electron chi connectivity index (χ4n) is 2.92. The van der Waals surface area contributed by atoms with E-state index in [-0.39, 0.29) is 0 Å². The molecule has 1 heterocycles. The average Bonchev–Trinajstić information content (AvgIpc) is 2.61. The van der Waals surface area contributed by atoms with Gasteiger partial charge in [-0.3, -0.25) is 4.90 Å².